The number of halogens is 2. The fraction of sp³-hybridized carbons (Fsp3) is 0.278. The number of hydrogen-bond donors (Lipinski definition) is 1. The minimum Gasteiger partial charge on any atom is -0.339 e. The molecule has 0 atom stereocenters. The molecule has 0 unspecified atom stereocenters. The molecule has 1 aromatic heterocycles. The van der Waals surface area contributed by atoms with Crippen LogP contribution in [0.2, 0.25) is 10.0 Å². The van der Waals surface area contributed by atoms with Crippen molar-refractivity contribution in [3.05, 3.63) is 58.3 Å². The summed E-state index contributed by atoms with van der Waals surface area (Å²) in [4.78, 5) is 30.6. The normalized spacial score (nSPS) is 15.0. The van der Waals surface area contributed by atoms with E-state index in [9.17, 15) is 9.59 Å². The number of pyridine rings is 1. The minimum atomic E-state index is -0.159. The highest BCUT2D eigenvalue weighted by molar-refractivity contribution is 6.44. The fourth-order valence-electron chi connectivity index (χ4n) is 2.85. The maximum Gasteiger partial charge on any atom is 0.255 e. The summed E-state index contributed by atoms with van der Waals surface area (Å²) in [6.07, 6.45) is 4.41. The Labute approximate surface area is 155 Å². The van der Waals surface area contributed by atoms with Crippen molar-refractivity contribution in [2.75, 3.05) is 18.4 Å². The summed E-state index contributed by atoms with van der Waals surface area (Å²) in [5.41, 5.74) is 1.07. The predicted molar refractivity (Wildman–Crippen MR) is 98.0 cm³/mol. The highest BCUT2D eigenvalue weighted by atomic mass is 35.5. The van der Waals surface area contributed by atoms with Crippen molar-refractivity contribution >= 4 is 40.7 Å². The summed E-state index contributed by atoms with van der Waals surface area (Å²) >= 11 is 12.1. The largest absolute Gasteiger partial charge is 0.339 e. The first-order valence-corrected chi connectivity index (χ1v) is 8.76. The SMILES string of the molecule is O=C(Nc1cccc(Cl)c1Cl)C1CCN(C(=O)c2cccnc2)CC1. The van der Waals surface area contributed by atoms with Gasteiger partial charge in [0.1, 0.15) is 0 Å². The van der Waals surface area contributed by atoms with Crippen molar-refractivity contribution in [1.29, 1.82) is 0 Å². The number of likely N-dealkylation sites (tertiary alicyclic amines) is 1. The number of nitrogens with one attached hydrogen (secondary N) is 1. The molecule has 1 fully saturated rings. The molecule has 0 radical (unpaired) electrons. The molecular formula is C18H17Cl2N3O2. The molecule has 3 rings (SSSR count). The number of benzene rings is 1. The zero-order valence-corrected chi connectivity index (χ0v) is 14.9. The molecule has 2 heterocycles. The second kappa shape index (κ2) is 7.85. The summed E-state index contributed by atoms with van der Waals surface area (Å²) in [6, 6.07) is 8.60. The number of anilines is 1. The van der Waals surface area contributed by atoms with Gasteiger partial charge in [-0.15, -0.1) is 0 Å². The number of amides is 2. The first-order valence-electron chi connectivity index (χ1n) is 8.00. The molecular weight excluding hydrogens is 361 g/mol. The molecule has 0 spiro atoms. The average molecular weight is 378 g/mol. The lowest BCUT2D eigenvalue weighted by Crippen LogP contribution is -2.41. The zero-order valence-electron chi connectivity index (χ0n) is 13.4. The van der Waals surface area contributed by atoms with Crippen LogP contribution in [-0.2, 0) is 4.79 Å². The Morgan fingerprint density at radius 1 is 1.12 bits per heavy atom. The van der Waals surface area contributed by atoms with Crippen LogP contribution in [0.1, 0.15) is 23.2 Å². The van der Waals surface area contributed by atoms with Gasteiger partial charge in [0.2, 0.25) is 5.91 Å². The number of aromatic nitrogens is 1. The van der Waals surface area contributed by atoms with Crippen molar-refractivity contribution in [3.63, 3.8) is 0 Å². The second-order valence-electron chi connectivity index (χ2n) is 5.90. The Balaban J connectivity index is 1.58. The van der Waals surface area contributed by atoms with Crippen LogP contribution in [0.4, 0.5) is 5.69 Å². The van der Waals surface area contributed by atoms with Gasteiger partial charge in [-0.05, 0) is 37.1 Å². The van der Waals surface area contributed by atoms with E-state index in [4.69, 9.17) is 23.2 Å². The van der Waals surface area contributed by atoms with E-state index in [0.29, 0.717) is 47.2 Å². The van der Waals surface area contributed by atoms with Crippen molar-refractivity contribution in [1.82, 2.24) is 9.88 Å². The van der Waals surface area contributed by atoms with E-state index in [-0.39, 0.29) is 17.7 Å². The second-order valence-corrected chi connectivity index (χ2v) is 6.68. The van der Waals surface area contributed by atoms with E-state index in [1.54, 1.807) is 47.6 Å². The van der Waals surface area contributed by atoms with Crippen LogP contribution in [0.25, 0.3) is 0 Å². The summed E-state index contributed by atoms with van der Waals surface area (Å²) in [5, 5.41) is 3.56. The third kappa shape index (κ3) is 4.11. The molecule has 25 heavy (non-hydrogen) atoms. The van der Waals surface area contributed by atoms with Crippen LogP contribution < -0.4 is 5.32 Å². The van der Waals surface area contributed by atoms with Crippen LogP contribution >= 0.6 is 23.2 Å². The lowest BCUT2D eigenvalue weighted by atomic mass is 9.95. The lowest BCUT2D eigenvalue weighted by molar-refractivity contribution is -0.121. The first kappa shape index (κ1) is 17.7. The topological polar surface area (TPSA) is 62.3 Å². The van der Waals surface area contributed by atoms with E-state index in [0.717, 1.165) is 0 Å². The number of carbonyl (C=O) groups is 2. The van der Waals surface area contributed by atoms with E-state index >= 15 is 0 Å². The highest BCUT2D eigenvalue weighted by Gasteiger charge is 2.28. The number of nitrogens with zero attached hydrogens (tertiary/aromatic N) is 2. The highest BCUT2D eigenvalue weighted by Crippen LogP contribution is 2.30. The van der Waals surface area contributed by atoms with Gasteiger partial charge in [0, 0.05) is 31.4 Å². The molecule has 0 aliphatic carbocycles. The maximum absolute atomic E-state index is 12.5. The molecule has 5 nitrogen and oxygen atoms in total. The molecule has 2 amide bonds. The molecule has 0 bridgehead atoms. The standard InChI is InChI=1S/C18H17Cl2N3O2/c19-14-4-1-5-15(16(14)20)22-17(24)12-6-9-23(10-7-12)18(25)13-3-2-8-21-11-13/h1-5,8,11-12H,6-7,9-10H2,(H,22,24). The van der Waals surface area contributed by atoms with E-state index < -0.39 is 0 Å². The van der Waals surface area contributed by atoms with Crippen LogP contribution in [0.5, 0.6) is 0 Å². The van der Waals surface area contributed by atoms with E-state index in [1.165, 1.54) is 0 Å². The third-order valence-electron chi connectivity index (χ3n) is 4.27. The molecule has 2 aromatic rings. The smallest absolute Gasteiger partial charge is 0.255 e. The zero-order chi connectivity index (χ0) is 17.8. The Hall–Kier alpha value is -2.11. The van der Waals surface area contributed by atoms with Crippen LogP contribution in [-0.4, -0.2) is 34.8 Å². The molecule has 1 aromatic carbocycles. The van der Waals surface area contributed by atoms with Crippen molar-refractivity contribution in [2.45, 2.75) is 12.8 Å². The molecule has 1 saturated heterocycles. The molecule has 1 aliphatic rings. The summed E-state index contributed by atoms with van der Waals surface area (Å²) < 4.78 is 0. The quantitative estimate of drug-likeness (QED) is 0.882. The Morgan fingerprint density at radius 3 is 2.56 bits per heavy atom. The molecule has 7 heteroatoms. The Kier molecular flexibility index (Phi) is 5.56. The molecule has 130 valence electrons. The van der Waals surface area contributed by atoms with Crippen LogP contribution in [0, 0.1) is 5.92 Å². The molecule has 1 aliphatic heterocycles. The summed E-state index contributed by atoms with van der Waals surface area (Å²) in [6.45, 7) is 1.07. The minimum absolute atomic E-state index is 0.0511. The van der Waals surface area contributed by atoms with Gasteiger partial charge in [-0.2, -0.15) is 0 Å². The van der Waals surface area contributed by atoms with Gasteiger partial charge in [-0.1, -0.05) is 29.3 Å². The van der Waals surface area contributed by atoms with Gasteiger partial charge in [0.15, 0.2) is 0 Å². The fourth-order valence-corrected chi connectivity index (χ4v) is 3.20. The van der Waals surface area contributed by atoms with E-state index in [2.05, 4.69) is 10.3 Å². The number of carbonyl (C=O) groups excluding carboxylic acids is 2. The Bertz CT molecular complexity index is 775. The summed E-state index contributed by atoms with van der Waals surface area (Å²) in [7, 11) is 0. The van der Waals surface area contributed by atoms with Crippen molar-refractivity contribution in [2.24, 2.45) is 5.92 Å². The number of hydrogen-bond acceptors (Lipinski definition) is 3. The van der Waals surface area contributed by atoms with Gasteiger partial charge in [0.05, 0.1) is 21.3 Å². The summed E-state index contributed by atoms with van der Waals surface area (Å²) in [5.74, 6) is -0.310. The van der Waals surface area contributed by atoms with Gasteiger partial charge in [0.25, 0.3) is 5.91 Å². The van der Waals surface area contributed by atoms with Crippen LogP contribution in [0.15, 0.2) is 42.7 Å². The van der Waals surface area contributed by atoms with Crippen molar-refractivity contribution in [3.8, 4) is 0 Å². The van der Waals surface area contributed by atoms with Gasteiger partial charge < -0.3 is 10.2 Å². The molecule has 0 saturated carbocycles. The van der Waals surface area contributed by atoms with Gasteiger partial charge >= 0.3 is 0 Å². The third-order valence-corrected chi connectivity index (χ3v) is 5.09. The lowest BCUT2D eigenvalue weighted by Gasteiger charge is -2.31. The van der Waals surface area contributed by atoms with Crippen molar-refractivity contribution < 1.29 is 9.59 Å². The first-order chi connectivity index (χ1) is 12.1. The van der Waals surface area contributed by atoms with Gasteiger partial charge in [-0.25, -0.2) is 0 Å². The monoisotopic (exact) mass is 377 g/mol. The van der Waals surface area contributed by atoms with Crippen LogP contribution in [0.3, 0.4) is 0 Å². The predicted octanol–water partition coefficient (Wildman–Crippen LogP) is 3.88. The Morgan fingerprint density at radius 2 is 1.88 bits per heavy atom. The average Bonchev–Trinajstić information content (AvgIpc) is 2.65. The van der Waals surface area contributed by atoms with E-state index in [1.807, 2.05) is 0 Å². The number of piperidine rings is 1. The number of rotatable bonds is 3. The van der Waals surface area contributed by atoms with Gasteiger partial charge in [-0.3, -0.25) is 14.6 Å². The molecule has 1 N–H and O–H groups in total. The maximum atomic E-state index is 12.5.